The van der Waals surface area contributed by atoms with Gasteiger partial charge in [0.2, 0.25) is 10.0 Å². The molecule has 7 nitrogen and oxygen atoms in total. The second-order valence-corrected chi connectivity index (χ2v) is 8.56. The number of sulfonamides is 1. The lowest BCUT2D eigenvalue weighted by molar-refractivity contribution is -0.118. The van der Waals surface area contributed by atoms with E-state index in [2.05, 4.69) is 5.32 Å². The number of anilines is 1. The van der Waals surface area contributed by atoms with Gasteiger partial charge < -0.3 is 14.8 Å². The monoisotopic (exact) mass is 406 g/mol. The van der Waals surface area contributed by atoms with Gasteiger partial charge in [-0.15, -0.1) is 0 Å². The van der Waals surface area contributed by atoms with Gasteiger partial charge in [0.15, 0.2) is 6.61 Å². The summed E-state index contributed by atoms with van der Waals surface area (Å²) in [7, 11) is -0.850. The van der Waals surface area contributed by atoms with Crippen molar-refractivity contribution in [3.8, 4) is 11.5 Å². The number of carbonyl (C=O) groups is 1. The maximum atomic E-state index is 12.6. The molecule has 28 heavy (non-hydrogen) atoms. The Morgan fingerprint density at radius 2 is 1.71 bits per heavy atom. The summed E-state index contributed by atoms with van der Waals surface area (Å²) in [6.45, 7) is 5.72. The van der Waals surface area contributed by atoms with Crippen LogP contribution in [0.4, 0.5) is 5.69 Å². The van der Waals surface area contributed by atoms with Crippen LogP contribution in [-0.2, 0) is 14.8 Å². The van der Waals surface area contributed by atoms with Crippen molar-refractivity contribution in [2.24, 2.45) is 0 Å². The highest BCUT2D eigenvalue weighted by Crippen LogP contribution is 2.29. The molecule has 0 radical (unpaired) electrons. The summed E-state index contributed by atoms with van der Waals surface area (Å²) in [5.41, 5.74) is 2.22. The van der Waals surface area contributed by atoms with E-state index in [1.165, 1.54) is 26.2 Å². The van der Waals surface area contributed by atoms with Crippen LogP contribution in [0.2, 0.25) is 0 Å². The summed E-state index contributed by atoms with van der Waals surface area (Å²) in [6, 6.07) is 10.2. The van der Waals surface area contributed by atoms with E-state index < -0.39 is 10.0 Å². The highest BCUT2D eigenvalue weighted by molar-refractivity contribution is 7.89. The summed E-state index contributed by atoms with van der Waals surface area (Å²) >= 11 is 0. The quantitative estimate of drug-likeness (QED) is 0.729. The van der Waals surface area contributed by atoms with Gasteiger partial charge in [-0.3, -0.25) is 4.79 Å². The fourth-order valence-electron chi connectivity index (χ4n) is 2.62. The Balaban J connectivity index is 2.18. The topological polar surface area (TPSA) is 84.9 Å². The molecule has 0 aliphatic heterocycles. The molecule has 2 aromatic rings. The second kappa shape index (κ2) is 9.07. The van der Waals surface area contributed by atoms with Crippen LogP contribution in [0, 0.1) is 13.8 Å². The first-order chi connectivity index (χ1) is 13.2. The molecular formula is C20H26N2O5S. The van der Waals surface area contributed by atoms with Gasteiger partial charge >= 0.3 is 0 Å². The molecule has 2 aromatic carbocycles. The van der Waals surface area contributed by atoms with Crippen molar-refractivity contribution >= 4 is 21.6 Å². The zero-order chi connectivity index (χ0) is 20.9. The van der Waals surface area contributed by atoms with Gasteiger partial charge in [-0.25, -0.2) is 12.7 Å². The number of para-hydroxylation sites is 1. The minimum absolute atomic E-state index is 0.00665. The summed E-state index contributed by atoms with van der Waals surface area (Å²) in [6.07, 6.45) is 0. The number of carbonyl (C=O) groups excluding carboxylic acids is 1. The Hall–Kier alpha value is -2.58. The molecule has 0 aliphatic carbocycles. The van der Waals surface area contributed by atoms with E-state index in [1.807, 2.05) is 32.0 Å². The van der Waals surface area contributed by atoms with Crippen LogP contribution in [-0.4, -0.2) is 45.9 Å². The van der Waals surface area contributed by atoms with Gasteiger partial charge in [-0.05, 0) is 50.1 Å². The minimum Gasteiger partial charge on any atom is -0.492 e. The lowest BCUT2D eigenvalue weighted by Crippen LogP contribution is -2.24. The first kappa shape index (κ1) is 21.7. The molecule has 152 valence electrons. The number of rotatable bonds is 8. The molecule has 1 amide bonds. The molecule has 8 heteroatoms. The molecule has 1 N–H and O–H groups in total. The Morgan fingerprint density at radius 1 is 1.07 bits per heavy atom. The number of nitrogens with zero attached hydrogens (tertiary/aromatic N) is 1. The van der Waals surface area contributed by atoms with Crippen molar-refractivity contribution in [2.75, 3.05) is 32.6 Å². The normalized spacial score (nSPS) is 11.4. The molecule has 0 bridgehead atoms. The minimum atomic E-state index is -3.73. The van der Waals surface area contributed by atoms with Crippen LogP contribution in [0.1, 0.15) is 18.1 Å². The average Bonchev–Trinajstić information content (AvgIpc) is 2.62. The van der Waals surface area contributed by atoms with Gasteiger partial charge in [0, 0.05) is 19.8 Å². The molecular weight excluding hydrogens is 380 g/mol. The molecule has 0 heterocycles. The van der Waals surface area contributed by atoms with E-state index in [-0.39, 0.29) is 23.2 Å². The predicted octanol–water partition coefficient (Wildman–Crippen LogP) is 2.97. The van der Waals surface area contributed by atoms with Gasteiger partial charge in [0.1, 0.15) is 16.4 Å². The fraction of sp³-hybridized carbons (Fsp3) is 0.350. The van der Waals surface area contributed by atoms with Crippen molar-refractivity contribution in [3.63, 3.8) is 0 Å². The first-order valence-electron chi connectivity index (χ1n) is 8.85. The smallest absolute Gasteiger partial charge is 0.262 e. The van der Waals surface area contributed by atoms with Gasteiger partial charge in [-0.1, -0.05) is 18.2 Å². The number of nitrogens with one attached hydrogen (secondary N) is 1. The van der Waals surface area contributed by atoms with Crippen molar-refractivity contribution < 1.29 is 22.7 Å². The Bertz CT molecular complexity index is 935. The number of amides is 1. The Labute approximate surface area is 166 Å². The molecule has 0 aliphatic rings. The first-order valence-corrected chi connectivity index (χ1v) is 10.3. The maximum Gasteiger partial charge on any atom is 0.262 e. The summed E-state index contributed by atoms with van der Waals surface area (Å²) in [4.78, 5) is 12.3. The fourth-order valence-corrected chi connectivity index (χ4v) is 3.67. The molecule has 0 spiro atoms. The lowest BCUT2D eigenvalue weighted by Gasteiger charge is -2.17. The third-order valence-electron chi connectivity index (χ3n) is 4.04. The molecule has 0 aromatic heterocycles. The van der Waals surface area contributed by atoms with Crippen molar-refractivity contribution in [2.45, 2.75) is 25.7 Å². The standard InChI is InChI=1S/C20H26N2O5S/c1-6-26-17-11-10-16(12-18(17)28(24,25)22(4)5)21-19(23)13-27-20-14(2)8-7-9-15(20)3/h7-12H,6,13H2,1-5H3,(H,21,23). The molecule has 0 fully saturated rings. The van der Waals surface area contributed by atoms with Crippen LogP contribution in [0.5, 0.6) is 11.5 Å². The summed E-state index contributed by atoms with van der Waals surface area (Å²) < 4.78 is 37.3. The number of benzene rings is 2. The number of ether oxygens (including phenoxy) is 2. The number of hydrogen-bond donors (Lipinski definition) is 1. The van der Waals surface area contributed by atoms with E-state index in [0.29, 0.717) is 18.0 Å². The zero-order valence-corrected chi connectivity index (χ0v) is 17.6. The molecule has 0 unspecified atom stereocenters. The van der Waals surface area contributed by atoms with Gasteiger partial charge in [-0.2, -0.15) is 0 Å². The lowest BCUT2D eigenvalue weighted by atomic mass is 10.1. The molecule has 0 saturated heterocycles. The molecule has 0 atom stereocenters. The summed E-state index contributed by atoms with van der Waals surface area (Å²) in [5, 5.41) is 2.67. The van der Waals surface area contributed by atoms with E-state index in [1.54, 1.807) is 13.0 Å². The van der Waals surface area contributed by atoms with Crippen molar-refractivity contribution in [1.82, 2.24) is 4.31 Å². The zero-order valence-electron chi connectivity index (χ0n) is 16.8. The highest BCUT2D eigenvalue weighted by Gasteiger charge is 2.23. The van der Waals surface area contributed by atoms with E-state index in [0.717, 1.165) is 15.4 Å². The predicted molar refractivity (Wildman–Crippen MR) is 109 cm³/mol. The van der Waals surface area contributed by atoms with Gasteiger partial charge in [0.05, 0.1) is 6.61 Å². The number of aryl methyl sites for hydroxylation is 2. The van der Waals surface area contributed by atoms with E-state index in [4.69, 9.17) is 9.47 Å². The van der Waals surface area contributed by atoms with Crippen molar-refractivity contribution in [1.29, 1.82) is 0 Å². The van der Waals surface area contributed by atoms with Crippen molar-refractivity contribution in [3.05, 3.63) is 47.5 Å². The van der Waals surface area contributed by atoms with Gasteiger partial charge in [0.25, 0.3) is 5.91 Å². The van der Waals surface area contributed by atoms with Crippen LogP contribution in [0.15, 0.2) is 41.3 Å². The highest BCUT2D eigenvalue weighted by atomic mass is 32.2. The largest absolute Gasteiger partial charge is 0.492 e. The van der Waals surface area contributed by atoms with Crippen LogP contribution in [0.25, 0.3) is 0 Å². The summed E-state index contributed by atoms with van der Waals surface area (Å²) in [5.74, 6) is 0.515. The Kier molecular flexibility index (Phi) is 7.04. The van der Waals surface area contributed by atoms with E-state index >= 15 is 0 Å². The SMILES string of the molecule is CCOc1ccc(NC(=O)COc2c(C)cccc2C)cc1S(=O)(=O)N(C)C. The Morgan fingerprint density at radius 3 is 2.29 bits per heavy atom. The maximum absolute atomic E-state index is 12.6. The third-order valence-corrected chi connectivity index (χ3v) is 5.88. The number of hydrogen-bond acceptors (Lipinski definition) is 5. The van der Waals surface area contributed by atoms with Crippen LogP contribution >= 0.6 is 0 Å². The third kappa shape index (κ3) is 5.02. The van der Waals surface area contributed by atoms with Crippen LogP contribution < -0.4 is 14.8 Å². The molecule has 2 rings (SSSR count). The molecule has 0 saturated carbocycles. The second-order valence-electron chi connectivity index (χ2n) is 6.44. The average molecular weight is 407 g/mol. The van der Waals surface area contributed by atoms with Crippen LogP contribution in [0.3, 0.4) is 0 Å². The van der Waals surface area contributed by atoms with E-state index in [9.17, 15) is 13.2 Å².